The summed E-state index contributed by atoms with van der Waals surface area (Å²) < 4.78 is 1.34. The van der Waals surface area contributed by atoms with Gasteiger partial charge in [-0.15, -0.1) is 0 Å². The number of piperazine rings is 1. The highest BCUT2D eigenvalue weighted by Gasteiger charge is 2.61. The monoisotopic (exact) mass is 758 g/mol. The second kappa shape index (κ2) is 14.0. The van der Waals surface area contributed by atoms with Gasteiger partial charge in [0.05, 0.1) is 13.0 Å². The van der Waals surface area contributed by atoms with E-state index in [2.05, 4.69) is 58.9 Å². The summed E-state index contributed by atoms with van der Waals surface area (Å²) in [5, 5.41) is 16.7. The summed E-state index contributed by atoms with van der Waals surface area (Å²) in [6.45, 7) is 6.06. The van der Waals surface area contributed by atoms with Crippen molar-refractivity contribution in [2.24, 2.45) is 0 Å². The lowest BCUT2D eigenvalue weighted by Gasteiger charge is -2.62. The molecule has 2 unspecified atom stereocenters. The molecule has 0 bridgehead atoms. The Morgan fingerprint density at radius 1 is 1.00 bits per heavy atom. The van der Waals surface area contributed by atoms with E-state index in [1.165, 1.54) is 0 Å². The predicted octanol–water partition coefficient (Wildman–Crippen LogP) is 4.12. The zero-order valence-corrected chi connectivity index (χ0v) is 29.7. The molecular formula is C34H44Br2N6O4. The van der Waals surface area contributed by atoms with Gasteiger partial charge in [-0.25, -0.2) is 9.69 Å². The van der Waals surface area contributed by atoms with Gasteiger partial charge in [0, 0.05) is 77.8 Å². The molecule has 4 aliphatic rings. The number of amides is 3. The molecule has 0 saturated carbocycles. The van der Waals surface area contributed by atoms with E-state index in [9.17, 15) is 19.5 Å². The van der Waals surface area contributed by atoms with E-state index >= 15 is 0 Å². The number of benzene rings is 2. The summed E-state index contributed by atoms with van der Waals surface area (Å²) in [4.78, 5) is 49.1. The molecule has 3 atom stereocenters. The highest BCUT2D eigenvalue weighted by atomic mass is 79.9. The van der Waals surface area contributed by atoms with Crippen molar-refractivity contribution >= 4 is 56.0 Å². The first kappa shape index (κ1) is 33.5. The normalized spacial score (nSPS) is 28.7. The molecule has 6 rings (SSSR count). The molecule has 2 aromatic rings. The number of nitrogens with one attached hydrogen (secondary N) is 1. The SMILES string of the molecule is CN1CCC(N2CCN(C3(CC=O)CC(N4CCc5ccccc5NC4=O)CC[N@+]3(Cc3ccc(Br)c(Br)c3)C(=O)[O-])CC2)CC1. The standard InChI is InChI=1S/C34H44Br2N6O4/c1-38-13-9-27(10-14-38)39-16-18-40(19-17-39)34(12-21-43)23-28(41-15-8-26-4-2-3-5-31(26)37-32(41)44)11-20-42(34,33(45)46)24-25-6-7-29(35)30(36)22-25/h2-7,21-22,27-28H,8-20,23-24H2,1H3,(H-,37,44,45,46)/t28?,34?,42-/m0/s1. The van der Waals surface area contributed by atoms with Crippen LogP contribution in [0, 0.1) is 0 Å². The smallest absolute Gasteiger partial charge is 0.322 e. The number of para-hydroxylation sites is 1. The Kier molecular flexibility index (Phi) is 10.2. The van der Waals surface area contributed by atoms with Crippen LogP contribution in [0.1, 0.15) is 43.2 Å². The molecular weight excluding hydrogens is 716 g/mol. The lowest BCUT2D eigenvalue weighted by atomic mass is 9.82. The first-order valence-corrected chi connectivity index (χ1v) is 18.0. The van der Waals surface area contributed by atoms with Crippen LogP contribution < -0.4 is 10.4 Å². The van der Waals surface area contributed by atoms with Gasteiger partial charge in [-0.05, 0) is 95.0 Å². The Balaban J connectivity index is 1.35. The molecule has 10 nitrogen and oxygen atoms in total. The number of carbonyl (C=O) groups is 3. The summed E-state index contributed by atoms with van der Waals surface area (Å²) in [6, 6.07) is 13.8. The molecule has 248 valence electrons. The van der Waals surface area contributed by atoms with Crippen LogP contribution in [0.4, 0.5) is 15.3 Å². The van der Waals surface area contributed by atoms with Gasteiger partial charge in [-0.3, -0.25) is 9.38 Å². The van der Waals surface area contributed by atoms with E-state index in [1.807, 2.05) is 47.4 Å². The number of carbonyl (C=O) groups excluding carboxylic acids is 3. The quantitative estimate of drug-likeness (QED) is 0.335. The molecule has 46 heavy (non-hydrogen) atoms. The van der Waals surface area contributed by atoms with Crippen LogP contribution in [0.5, 0.6) is 0 Å². The summed E-state index contributed by atoms with van der Waals surface area (Å²) in [7, 11) is 2.17. The minimum atomic E-state index is -1.18. The number of carboxylic acid groups (broad SMARTS) is 1. The van der Waals surface area contributed by atoms with Gasteiger partial charge >= 0.3 is 6.03 Å². The van der Waals surface area contributed by atoms with E-state index in [1.54, 1.807) is 0 Å². The Labute approximate surface area is 288 Å². The Bertz CT molecular complexity index is 1450. The van der Waals surface area contributed by atoms with Crippen molar-refractivity contribution in [3.8, 4) is 0 Å². The summed E-state index contributed by atoms with van der Waals surface area (Å²) in [6.07, 6.45) is 3.57. The Morgan fingerprint density at radius 2 is 1.74 bits per heavy atom. The van der Waals surface area contributed by atoms with Crippen molar-refractivity contribution in [2.75, 3.05) is 64.7 Å². The van der Waals surface area contributed by atoms with Crippen LogP contribution >= 0.6 is 31.9 Å². The average Bonchev–Trinajstić information content (AvgIpc) is 3.22. The maximum Gasteiger partial charge on any atom is 0.322 e. The number of rotatable bonds is 7. The highest BCUT2D eigenvalue weighted by Crippen LogP contribution is 2.45. The molecule has 1 N–H and O–H groups in total. The molecule has 0 spiro atoms. The third kappa shape index (κ3) is 6.41. The van der Waals surface area contributed by atoms with E-state index < -0.39 is 11.8 Å². The van der Waals surface area contributed by atoms with Gasteiger partial charge in [0.1, 0.15) is 12.8 Å². The van der Waals surface area contributed by atoms with Gasteiger partial charge < -0.3 is 29.8 Å². The lowest BCUT2D eigenvalue weighted by molar-refractivity contribution is -0.956. The largest absolute Gasteiger partial charge is 0.498 e. The van der Waals surface area contributed by atoms with Crippen molar-refractivity contribution in [3.63, 3.8) is 0 Å². The maximum absolute atomic E-state index is 13.7. The number of urea groups is 1. The van der Waals surface area contributed by atoms with Crippen LogP contribution in [-0.2, 0) is 17.8 Å². The molecule has 0 aliphatic carbocycles. The molecule has 4 heterocycles. The van der Waals surface area contributed by atoms with Gasteiger partial charge in [-0.1, -0.05) is 24.3 Å². The molecule has 2 aromatic carbocycles. The third-order valence-corrected chi connectivity index (χ3v) is 13.0. The third-order valence-electron chi connectivity index (χ3n) is 11.1. The van der Waals surface area contributed by atoms with Gasteiger partial charge in [0.2, 0.25) is 0 Å². The summed E-state index contributed by atoms with van der Waals surface area (Å²) >= 11 is 7.13. The lowest BCUT2D eigenvalue weighted by Crippen LogP contribution is -2.81. The number of nitrogens with zero attached hydrogens (tertiary/aromatic N) is 5. The fourth-order valence-corrected chi connectivity index (χ4v) is 9.19. The first-order valence-electron chi connectivity index (χ1n) is 16.5. The van der Waals surface area contributed by atoms with E-state index in [-0.39, 0.29) is 36.1 Å². The second-order valence-electron chi connectivity index (χ2n) is 13.5. The van der Waals surface area contributed by atoms with Crippen molar-refractivity contribution < 1.29 is 24.0 Å². The van der Waals surface area contributed by atoms with Crippen LogP contribution in [-0.4, -0.2) is 120 Å². The number of halogens is 2. The maximum atomic E-state index is 13.7. The fourth-order valence-electron chi connectivity index (χ4n) is 8.52. The van der Waals surface area contributed by atoms with Crippen LogP contribution in [0.2, 0.25) is 0 Å². The number of piperidine rings is 2. The van der Waals surface area contributed by atoms with Crippen molar-refractivity contribution in [3.05, 3.63) is 62.5 Å². The highest BCUT2D eigenvalue weighted by molar-refractivity contribution is 9.13. The molecule has 0 radical (unpaired) electrons. The number of likely N-dealkylation sites (tertiary alicyclic amines) is 2. The van der Waals surface area contributed by atoms with Crippen LogP contribution in [0.15, 0.2) is 51.4 Å². The molecule has 3 saturated heterocycles. The second-order valence-corrected chi connectivity index (χ2v) is 15.2. The van der Waals surface area contributed by atoms with Gasteiger partial charge in [0.15, 0.2) is 5.66 Å². The number of hydrogen-bond acceptors (Lipinski definition) is 7. The topological polar surface area (TPSA) is 99.3 Å². The minimum absolute atomic E-state index is 0.0408. The fraction of sp³-hybridized carbons (Fsp3) is 0.559. The Morgan fingerprint density at radius 3 is 2.43 bits per heavy atom. The number of aldehydes is 1. The van der Waals surface area contributed by atoms with Crippen molar-refractivity contribution in [2.45, 2.75) is 62.8 Å². The number of hydrogen-bond donors (Lipinski definition) is 1. The van der Waals surface area contributed by atoms with E-state index in [0.29, 0.717) is 44.9 Å². The zero-order chi connectivity index (χ0) is 32.5. The molecule has 4 aliphatic heterocycles. The number of quaternary nitrogens is 1. The average molecular weight is 761 g/mol. The zero-order valence-electron chi connectivity index (χ0n) is 26.5. The van der Waals surface area contributed by atoms with E-state index in [0.717, 1.165) is 71.1 Å². The number of fused-ring (bicyclic) bond motifs is 1. The van der Waals surface area contributed by atoms with Gasteiger partial charge in [-0.2, -0.15) is 0 Å². The molecule has 3 amide bonds. The van der Waals surface area contributed by atoms with Crippen molar-refractivity contribution in [1.82, 2.24) is 19.6 Å². The minimum Gasteiger partial charge on any atom is -0.498 e. The van der Waals surface area contributed by atoms with E-state index in [4.69, 9.17) is 0 Å². The number of anilines is 1. The van der Waals surface area contributed by atoms with Crippen molar-refractivity contribution in [1.29, 1.82) is 0 Å². The molecule has 0 aromatic heterocycles. The summed E-state index contributed by atoms with van der Waals surface area (Å²) in [5.41, 5.74) is 1.66. The van der Waals surface area contributed by atoms with Crippen LogP contribution in [0.25, 0.3) is 0 Å². The Hall–Kier alpha value is -2.35. The predicted molar refractivity (Wildman–Crippen MR) is 182 cm³/mol. The molecule has 3 fully saturated rings. The molecule has 12 heteroatoms. The summed E-state index contributed by atoms with van der Waals surface area (Å²) in [5.74, 6) is 0. The van der Waals surface area contributed by atoms with Crippen LogP contribution in [0.3, 0.4) is 0 Å². The first-order chi connectivity index (χ1) is 22.2. The van der Waals surface area contributed by atoms with Gasteiger partial charge in [0.25, 0.3) is 6.09 Å².